The van der Waals surface area contributed by atoms with E-state index in [2.05, 4.69) is 30.4 Å². The second kappa shape index (κ2) is 5.63. The van der Waals surface area contributed by atoms with Crippen molar-refractivity contribution in [3.63, 3.8) is 0 Å². The molecule has 0 saturated heterocycles. The number of amides is 1. The number of aryl methyl sites for hydroxylation is 3. The molecule has 102 valence electrons. The number of rotatable bonds is 3. The van der Waals surface area contributed by atoms with E-state index in [4.69, 9.17) is 0 Å². The van der Waals surface area contributed by atoms with Crippen molar-refractivity contribution in [2.24, 2.45) is 0 Å². The molecule has 0 unspecified atom stereocenters. The van der Waals surface area contributed by atoms with Gasteiger partial charge in [-0.2, -0.15) is 0 Å². The molecule has 1 aliphatic carbocycles. The molecule has 1 amide bonds. The summed E-state index contributed by atoms with van der Waals surface area (Å²) in [6.07, 6.45) is 7.00. The number of hydrogen-bond donors (Lipinski definition) is 1. The molecule has 0 aliphatic heterocycles. The maximum absolute atomic E-state index is 11.9. The predicted molar refractivity (Wildman–Crippen MR) is 85.2 cm³/mol. The van der Waals surface area contributed by atoms with Crippen LogP contribution in [0.5, 0.6) is 0 Å². The second-order valence-corrected chi connectivity index (χ2v) is 6.08. The Morgan fingerprint density at radius 3 is 2.90 bits per heavy atom. The Bertz CT molecular complexity index is 669. The molecule has 20 heavy (non-hydrogen) atoms. The van der Waals surface area contributed by atoms with Crippen molar-refractivity contribution >= 4 is 29.0 Å². The zero-order valence-corrected chi connectivity index (χ0v) is 12.3. The van der Waals surface area contributed by atoms with Gasteiger partial charge in [0.1, 0.15) is 0 Å². The molecule has 0 spiro atoms. The molecule has 1 aliphatic rings. The summed E-state index contributed by atoms with van der Waals surface area (Å²) in [6, 6.07) is 8.28. The van der Waals surface area contributed by atoms with E-state index in [1.165, 1.54) is 29.5 Å². The third-order valence-corrected chi connectivity index (χ3v) is 4.64. The minimum absolute atomic E-state index is 0.0734. The first-order valence-corrected chi connectivity index (χ1v) is 7.75. The Labute approximate surface area is 123 Å². The van der Waals surface area contributed by atoms with Crippen LogP contribution >= 0.6 is 11.3 Å². The first-order chi connectivity index (χ1) is 9.72. The van der Waals surface area contributed by atoms with Crippen LogP contribution in [0.1, 0.15) is 28.0 Å². The zero-order chi connectivity index (χ0) is 13.9. The minimum atomic E-state index is -0.0734. The van der Waals surface area contributed by atoms with Gasteiger partial charge in [0.2, 0.25) is 5.91 Å². The normalized spacial score (nSPS) is 13.7. The van der Waals surface area contributed by atoms with Gasteiger partial charge in [-0.15, -0.1) is 11.3 Å². The van der Waals surface area contributed by atoms with Crippen LogP contribution in [0.25, 0.3) is 6.08 Å². The molecule has 3 rings (SSSR count). The Hall–Kier alpha value is -1.87. The fraction of sp³-hybridized carbons (Fsp3) is 0.235. The van der Waals surface area contributed by atoms with Gasteiger partial charge in [0.15, 0.2) is 0 Å². The summed E-state index contributed by atoms with van der Waals surface area (Å²) in [5, 5.41) is 4.97. The molecule has 2 nitrogen and oxygen atoms in total. The summed E-state index contributed by atoms with van der Waals surface area (Å²) in [5.74, 6) is -0.0734. The van der Waals surface area contributed by atoms with E-state index in [0.29, 0.717) is 0 Å². The highest BCUT2D eigenvalue weighted by Crippen LogP contribution is 2.25. The van der Waals surface area contributed by atoms with Gasteiger partial charge in [0.25, 0.3) is 0 Å². The average molecular weight is 283 g/mol. The number of hydrogen-bond acceptors (Lipinski definition) is 2. The van der Waals surface area contributed by atoms with Gasteiger partial charge in [-0.3, -0.25) is 4.79 Å². The largest absolute Gasteiger partial charge is 0.323 e. The van der Waals surface area contributed by atoms with Gasteiger partial charge in [-0.25, -0.2) is 0 Å². The molecule has 1 N–H and O–H groups in total. The van der Waals surface area contributed by atoms with Crippen molar-refractivity contribution in [2.75, 3.05) is 5.32 Å². The molecule has 2 aromatic rings. The lowest BCUT2D eigenvalue weighted by molar-refractivity contribution is -0.111. The molecule has 3 heteroatoms. The molecule has 0 saturated carbocycles. The van der Waals surface area contributed by atoms with E-state index in [0.717, 1.165) is 17.0 Å². The van der Waals surface area contributed by atoms with Crippen molar-refractivity contribution in [1.29, 1.82) is 0 Å². The van der Waals surface area contributed by atoms with Crippen molar-refractivity contribution < 1.29 is 4.79 Å². The molecule has 1 aromatic heterocycles. The smallest absolute Gasteiger partial charge is 0.248 e. The van der Waals surface area contributed by atoms with Gasteiger partial charge in [0.05, 0.1) is 0 Å². The SMILES string of the molecule is Cc1ccsc1/C=C/C(=O)Nc1ccc2c(c1)CCC2. The van der Waals surface area contributed by atoms with Crippen LogP contribution in [0.4, 0.5) is 5.69 Å². The van der Waals surface area contributed by atoms with Crippen LogP contribution in [0.15, 0.2) is 35.7 Å². The van der Waals surface area contributed by atoms with Crippen LogP contribution in [0, 0.1) is 6.92 Å². The number of benzene rings is 1. The molecule has 1 heterocycles. The van der Waals surface area contributed by atoms with Crippen LogP contribution in [0.3, 0.4) is 0 Å². The monoisotopic (exact) mass is 283 g/mol. The van der Waals surface area contributed by atoms with E-state index in [1.54, 1.807) is 17.4 Å². The topological polar surface area (TPSA) is 29.1 Å². The zero-order valence-electron chi connectivity index (χ0n) is 11.5. The van der Waals surface area contributed by atoms with E-state index >= 15 is 0 Å². The third-order valence-electron chi connectivity index (χ3n) is 3.65. The lowest BCUT2D eigenvalue weighted by Gasteiger charge is -2.05. The van der Waals surface area contributed by atoms with Gasteiger partial charge in [-0.1, -0.05) is 6.07 Å². The maximum Gasteiger partial charge on any atom is 0.248 e. The predicted octanol–water partition coefficient (Wildman–Crippen LogP) is 4.20. The van der Waals surface area contributed by atoms with E-state index < -0.39 is 0 Å². The second-order valence-electron chi connectivity index (χ2n) is 5.13. The minimum Gasteiger partial charge on any atom is -0.323 e. The van der Waals surface area contributed by atoms with Crippen molar-refractivity contribution in [1.82, 2.24) is 0 Å². The number of carbonyl (C=O) groups is 1. The van der Waals surface area contributed by atoms with Crippen LogP contribution in [-0.4, -0.2) is 5.91 Å². The van der Waals surface area contributed by atoms with Crippen molar-refractivity contribution in [3.05, 3.63) is 57.3 Å². The Morgan fingerprint density at radius 2 is 2.10 bits per heavy atom. The maximum atomic E-state index is 11.9. The summed E-state index contributed by atoms with van der Waals surface area (Å²) in [6.45, 7) is 2.05. The van der Waals surface area contributed by atoms with Gasteiger partial charge in [-0.05, 0) is 72.5 Å². The van der Waals surface area contributed by atoms with E-state index in [9.17, 15) is 4.79 Å². The average Bonchev–Trinajstić information content (AvgIpc) is 3.04. The molecular weight excluding hydrogens is 266 g/mol. The summed E-state index contributed by atoms with van der Waals surface area (Å²) in [5.41, 5.74) is 4.90. The molecule has 0 fully saturated rings. The first kappa shape index (κ1) is 13.1. The quantitative estimate of drug-likeness (QED) is 0.840. The van der Waals surface area contributed by atoms with Crippen molar-refractivity contribution in [3.8, 4) is 0 Å². The van der Waals surface area contributed by atoms with E-state index in [1.807, 2.05) is 17.5 Å². The molecule has 0 atom stereocenters. The highest BCUT2D eigenvalue weighted by molar-refractivity contribution is 7.11. The molecular formula is C17H17NOS. The van der Waals surface area contributed by atoms with Gasteiger partial charge >= 0.3 is 0 Å². The fourth-order valence-electron chi connectivity index (χ4n) is 2.54. The number of carbonyl (C=O) groups excluding carboxylic acids is 1. The van der Waals surface area contributed by atoms with Crippen LogP contribution in [0.2, 0.25) is 0 Å². The number of nitrogens with one attached hydrogen (secondary N) is 1. The van der Waals surface area contributed by atoms with Crippen molar-refractivity contribution in [2.45, 2.75) is 26.2 Å². The fourth-order valence-corrected chi connectivity index (χ4v) is 3.36. The lowest BCUT2D eigenvalue weighted by atomic mass is 10.1. The lowest BCUT2D eigenvalue weighted by Crippen LogP contribution is -2.07. The Morgan fingerprint density at radius 1 is 1.25 bits per heavy atom. The Kier molecular flexibility index (Phi) is 3.70. The summed E-state index contributed by atoms with van der Waals surface area (Å²) < 4.78 is 0. The van der Waals surface area contributed by atoms with Crippen LogP contribution < -0.4 is 5.32 Å². The summed E-state index contributed by atoms with van der Waals surface area (Å²) >= 11 is 1.65. The number of thiophene rings is 1. The van der Waals surface area contributed by atoms with E-state index in [-0.39, 0.29) is 5.91 Å². The highest BCUT2D eigenvalue weighted by Gasteiger charge is 2.11. The molecule has 0 bridgehead atoms. The molecule has 1 aromatic carbocycles. The van der Waals surface area contributed by atoms with Crippen LogP contribution in [-0.2, 0) is 17.6 Å². The van der Waals surface area contributed by atoms with Gasteiger partial charge in [0, 0.05) is 16.6 Å². The standard InChI is InChI=1S/C17H17NOS/c1-12-9-10-20-16(12)7-8-17(19)18-15-6-5-13-3-2-4-14(13)11-15/h5-11H,2-4H2,1H3,(H,18,19)/b8-7+. The Balaban J connectivity index is 1.67. The number of fused-ring (bicyclic) bond motifs is 1. The molecule has 0 radical (unpaired) electrons. The highest BCUT2D eigenvalue weighted by atomic mass is 32.1. The number of anilines is 1. The third kappa shape index (κ3) is 2.83. The van der Waals surface area contributed by atoms with Gasteiger partial charge < -0.3 is 5.32 Å². The first-order valence-electron chi connectivity index (χ1n) is 6.87. The summed E-state index contributed by atoms with van der Waals surface area (Å²) in [4.78, 5) is 13.1. The summed E-state index contributed by atoms with van der Waals surface area (Å²) in [7, 11) is 0.